The van der Waals surface area contributed by atoms with Crippen LogP contribution in [0.25, 0.3) is 0 Å². The molecule has 6 aliphatic rings. The lowest BCUT2D eigenvalue weighted by Crippen LogP contribution is -2.66. The first-order valence-electron chi connectivity index (χ1n) is 20.7. The van der Waals surface area contributed by atoms with Gasteiger partial charge in [0, 0.05) is 37.3 Å². The Morgan fingerprint density at radius 1 is 0.904 bits per heavy atom. The molecule has 0 saturated heterocycles. The van der Waals surface area contributed by atoms with Gasteiger partial charge < -0.3 is 19.8 Å². The Kier molecular flexibility index (Phi) is 10.0. The van der Waals surface area contributed by atoms with E-state index < -0.39 is 28.9 Å². The fourth-order valence-electron chi connectivity index (χ4n) is 13.6. The third kappa shape index (κ3) is 5.93. The van der Waals surface area contributed by atoms with Crippen LogP contribution in [0, 0.1) is 62.1 Å². The number of aliphatic carboxylic acids is 1. The fraction of sp³-hybridized carbons (Fsp3) is 0.864. The lowest BCUT2D eigenvalue weighted by atomic mass is 9.33. The molecule has 2 N–H and O–H groups in total. The quantitative estimate of drug-likeness (QED) is 0.217. The Hall–Kier alpha value is -2.22. The summed E-state index contributed by atoms with van der Waals surface area (Å²) in [4.78, 5) is 53.7. The molecule has 5 saturated carbocycles. The van der Waals surface area contributed by atoms with Crippen molar-refractivity contribution in [2.75, 3.05) is 13.1 Å². The maximum atomic E-state index is 14.1. The highest BCUT2D eigenvalue weighted by Crippen LogP contribution is 2.77. The first kappa shape index (κ1) is 39.5. The van der Waals surface area contributed by atoms with Gasteiger partial charge in [-0.1, -0.05) is 60.5 Å². The molecular weight excluding hydrogens is 654 g/mol. The average molecular weight is 724 g/mol. The van der Waals surface area contributed by atoms with Crippen molar-refractivity contribution < 1.29 is 34.1 Å². The maximum Gasteiger partial charge on any atom is 0.309 e. The normalized spacial score (nSPS) is 39.1. The second-order valence-corrected chi connectivity index (χ2v) is 20.8. The minimum Gasteiger partial charge on any atom is -0.481 e. The molecule has 0 aliphatic heterocycles. The van der Waals surface area contributed by atoms with Crippen molar-refractivity contribution >= 4 is 23.6 Å². The van der Waals surface area contributed by atoms with Crippen molar-refractivity contribution in [2.45, 2.75) is 165 Å². The van der Waals surface area contributed by atoms with Crippen LogP contribution in [0.15, 0.2) is 11.1 Å². The van der Waals surface area contributed by atoms with Crippen molar-refractivity contribution in [2.24, 2.45) is 62.1 Å². The van der Waals surface area contributed by atoms with Gasteiger partial charge in [-0.3, -0.25) is 19.2 Å². The highest BCUT2D eigenvalue weighted by Gasteiger charge is 2.71. The van der Waals surface area contributed by atoms with E-state index in [1.807, 2.05) is 4.90 Å². The molecule has 8 heteroatoms. The number of aliphatic hydroxyl groups is 1. The monoisotopic (exact) mass is 724 g/mol. The van der Waals surface area contributed by atoms with Gasteiger partial charge in [-0.15, -0.1) is 0 Å². The van der Waals surface area contributed by atoms with Gasteiger partial charge >= 0.3 is 11.9 Å². The number of ether oxygens (including phenoxy) is 1. The number of Topliss-reactive ketones (excluding diaryl/α,β-unsaturated/α-hetero) is 1. The number of carboxylic acids is 1. The number of hydrogen-bond acceptors (Lipinski definition) is 6. The van der Waals surface area contributed by atoms with Crippen molar-refractivity contribution in [3.63, 3.8) is 0 Å². The second kappa shape index (κ2) is 13.2. The molecule has 0 aromatic rings. The molecule has 0 heterocycles. The zero-order chi connectivity index (χ0) is 38.4. The minimum atomic E-state index is -1.17. The molecule has 1 amide bonds. The summed E-state index contributed by atoms with van der Waals surface area (Å²) in [5.74, 6) is 0.414. The van der Waals surface area contributed by atoms with E-state index in [1.54, 1.807) is 20.8 Å². The molecule has 0 spiro atoms. The van der Waals surface area contributed by atoms with Gasteiger partial charge in [0.2, 0.25) is 5.91 Å². The number of hydrogen-bond donors (Lipinski definition) is 2. The van der Waals surface area contributed by atoms with Crippen LogP contribution >= 0.6 is 0 Å². The fourth-order valence-corrected chi connectivity index (χ4v) is 13.6. The number of ketones is 1. The second-order valence-electron chi connectivity index (χ2n) is 20.8. The molecule has 0 aromatic heterocycles. The number of esters is 1. The van der Waals surface area contributed by atoms with Crippen LogP contribution in [0.2, 0.25) is 0 Å². The van der Waals surface area contributed by atoms with Gasteiger partial charge in [0.1, 0.15) is 6.10 Å². The Labute approximate surface area is 313 Å². The van der Waals surface area contributed by atoms with Crippen LogP contribution in [0.3, 0.4) is 0 Å². The molecule has 0 aromatic carbocycles. The molecule has 5 fully saturated rings. The molecule has 0 unspecified atom stereocenters. The molecule has 8 nitrogen and oxygen atoms in total. The summed E-state index contributed by atoms with van der Waals surface area (Å²) in [6, 6.07) is 0. The van der Waals surface area contributed by atoms with Gasteiger partial charge in [-0.2, -0.15) is 0 Å². The number of carboxylic acid groups (broad SMARTS) is 1. The SMILES string of the molecule is CC(=O)N(CC1CCC1)C[C@H](O)[C@@]12CC[C@]3(C)[C@H](CC[C@@H]4[C@@]5(C)CC[C@H](OC(=O)CC(C)(C)C(=O)O)C(C)(C)[C@H]5CC[C@]43C)C1=C(C(C)C)C(=O)C2. The van der Waals surface area contributed by atoms with Gasteiger partial charge in [0.05, 0.1) is 17.9 Å². The molecule has 0 radical (unpaired) electrons. The third-order valence-corrected chi connectivity index (χ3v) is 17.0. The summed E-state index contributed by atoms with van der Waals surface area (Å²) in [5, 5.41) is 21.9. The number of fused-ring (bicyclic) bond motifs is 7. The number of carbonyl (C=O) groups is 4. The molecule has 9 atom stereocenters. The standard InChI is InChI=1S/C44H69NO7/c1-26(2)36-30(47)22-44(33(48)25-45(27(3)46)24-28-12-11-13-28)21-20-42(9)29(37(36)44)14-15-32-41(8)18-17-34(52-35(49)23-39(4,5)38(50)51)40(6,7)31(41)16-19-43(32,42)10/h26,28-29,31-34,48H,11-25H2,1-10H3,(H,50,51)/t29-,31-,32-,33+,34+,41+,42-,43-,44+/m1/s1. The molecule has 52 heavy (non-hydrogen) atoms. The highest BCUT2D eigenvalue weighted by atomic mass is 16.5. The van der Waals surface area contributed by atoms with E-state index >= 15 is 0 Å². The van der Waals surface area contributed by atoms with E-state index in [0.717, 1.165) is 69.8 Å². The predicted octanol–water partition coefficient (Wildman–Crippen LogP) is 8.39. The summed E-state index contributed by atoms with van der Waals surface area (Å²) in [5.41, 5.74) is 0.191. The number of allylic oxidation sites excluding steroid dienone is 1. The Balaban J connectivity index is 1.29. The van der Waals surface area contributed by atoms with E-state index in [4.69, 9.17) is 4.74 Å². The van der Waals surface area contributed by atoms with Crippen LogP contribution < -0.4 is 0 Å². The van der Waals surface area contributed by atoms with Crippen LogP contribution in [0.4, 0.5) is 0 Å². The van der Waals surface area contributed by atoms with E-state index in [9.17, 15) is 29.4 Å². The number of amides is 1. The Morgan fingerprint density at radius 3 is 2.15 bits per heavy atom. The lowest BCUT2D eigenvalue weighted by molar-refractivity contribution is -0.235. The first-order chi connectivity index (χ1) is 24.0. The summed E-state index contributed by atoms with van der Waals surface area (Å²) < 4.78 is 6.16. The maximum absolute atomic E-state index is 14.1. The van der Waals surface area contributed by atoms with Gasteiger partial charge in [0.15, 0.2) is 5.78 Å². The van der Waals surface area contributed by atoms with Crippen LogP contribution in [0.1, 0.15) is 153 Å². The van der Waals surface area contributed by atoms with Crippen molar-refractivity contribution in [1.82, 2.24) is 4.90 Å². The largest absolute Gasteiger partial charge is 0.481 e. The molecule has 0 bridgehead atoms. The van der Waals surface area contributed by atoms with Gasteiger partial charge in [0.25, 0.3) is 0 Å². The summed E-state index contributed by atoms with van der Waals surface area (Å²) in [7, 11) is 0. The van der Waals surface area contributed by atoms with Gasteiger partial charge in [-0.25, -0.2) is 0 Å². The van der Waals surface area contributed by atoms with Crippen LogP contribution in [0.5, 0.6) is 0 Å². The number of aliphatic hydroxyl groups excluding tert-OH is 1. The smallest absolute Gasteiger partial charge is 0.309 e. The zero-order valence-corrected chi connectivity index (χ0v) is 34.0. The zero-order valence-electron chi connectivity index (χ0n) is 34.0. The summed E-state index contributed by atoms with van der Waals surface area (Å²) in [6.07, 6.45) is 10.3. The molecule has 6 aliphatic carbocycles. The van der Waals surface area contributed by atoms with E-state index in [2.05, 4.69) is 48.5 Å². The minimum absolute atomic E-state index is 0.0106. The van der Waals surface area contributed by atoms with E-state index in [1.165, 1.54) is 12.0 Å². The van der Waals surface area contributed by atoms with Crippen molar-refractivity contribution in [1.29, 1.82) is 0 Å². The Bertz CT molecular complexity index is 1510. The Morgan fingerprint density at radius 2 is 1.58 bits per heavy atom. The topological polar surface area (TPSA) is 121 Å². The van der Waals surface area contributed by atoms with Gasteiger partial charge in [-0.05, 0) is 129 Å². The van der Waals surface area contributed by atoms with Crippen molar-refractivity contribution in [3.05, 3.63) is 11.1 Å². The molecular formula is C44H69NO7. The van der Waals surface area contributed by atoms with Crippen LogP contribution in [-0.4, -0.2) is 64.0 Å². The van der Waals surface area contributed by atoms with E-state index in [-0.39, 0.29) is 57.7 Å². The predicted molar refractivity (Wildman–Crippen MR) is 201 cm³/mol. The number of rotatable bonds is 10. The van der Waals surface area contributed by atoms with Crippen molar-refractivity contribution in [3.8, 4) is 0 Å². The third-order valence-electron chi connectivity index (χ3n) is 17.0. The number of nitrogens with zero attached hydrogens (tertiary/aromatic N) is 1. The summed E-state index contributed by atoms with van der Waals surface area (Å²) in [6.45, 7) is 22.1. The molecule has 292 valence electrons. The number of carbonyl (C=O) groups excluding carboxylic acids is 3. The highest BCUT2D eigenvalue weighted by molar-refractivity contribution is 6.00. The lowest BCUT2D eigenvalue weighted by Gasteiger charge is -2.72. The van der Waals surface area contributed by atoms with E-state index in [0.29, 0.717) is 37.3 Å². The first-order valence-corrected chi connectivity index (χ1v) is 20.7. The average Bonchev–Trinajstić information content (AvgIpc) is 3.32. The van der Waals surface area contributed by atoms with Crippen LogP contribution in [-0.2, 0) is 23.9 Å². The summed E-state index contributed by atoms with van der Waals surface area (Å²) >= 11 is 0. The molecule has 6 rings (SSSR count).